The molecule has 6 rings (SSSR count). The molecule has 1 saturated heterocycles. The maximum atomic E-state index is 13.3. The van der Waals surface area contributed by atoms with Crippen molar-refractivity contribution in [2.75, 3.05) is 31.1 Å². The predicted molar refractivity (Wildman–Crippen MR) is 138 cm³/mol. The number of piperazine rings is 1. The van der Waals surface area contributed by atoms with Gasteiger partial charge in [0.2, 0.25) is 0 Å². The number of aromatic nitrogens is 3. The van der Waals surface area contributed by atoms with E-state index < -0.39 is 0 Å². The number of carbonyl (C=O) groups is 1. The van der Waals surface area contributed by atoms with Crippen LogP contribution in [0.5, 0.6) is 0 Å². The van der Waals surface area contributed by atoms with Crippen LogP contribution in [-0.4, -0.2) is 51.8 Å². The summed E-state index contributed by atoms with van der Waals surface area (Å²) < 4.78 is 1.31. The van der Waals surface area contributed by atoms with Crippen molar-refractivity contribution in [2.24, 2.45) is 0 Å². The first-order chi connectivity index (χ1) is 17.1. The molecule has 1 N–H and O–H groups in total. The summed E-state index contributed by atoms with van der Waals surface area (Å²) >= 11 is 6.48. The van der Waals surface area contributed by atoms with E-state index in [4.69, 9.17) is 11.6 Å². The molecule has 0 spiro atoms. The van der Waals surface area contributed by atoms with E-state index in [1.165, 1.54) is 34.2 Å². The molecular formula is C27H26ClN5O2. The second-order valence-electron chi connectivity index (χ2n) is 9.23. The van der Waals surface area contributed by atoms with Crippen LogP contribution >= 0.6 is 11.6 Å². The van der Waals surface area contributed by atoms with Gasteiger partial charge in [-0.2, -0.15) is 9.78 Å². The van der Waals surface area contributed by atoms with Gasteiger partial charge in [-0.3, -0.25) is 9.59 Å². The van der Waals surface area contributed by atoms with Gasteiger partial charge < -0.3 is 14.8 Å². The molecule has 1 amide bonds. The molecular weight excluding hydrogens is 462 g/mol. The summed E-state index contributed by atoms with van der Waals surface area (Å²) in [5.74, 6) is 0.0426. The van der Waals surface area contributed by atoms with Crippen LogP contribution in [0, 0.1) is 0 Å². The van der Waals surface area contributed by atoms with Crippen molar-refractivity contribution in [1.82, 2.24) is 19.7 Å². The van der Waals surface area contributed by atoms with Crippen LogP contribution in [0.2, 0.25) is 5.02 Å². The van der Waals surface area contributed by atoms with E-state index in [0.29, 0.717) is 37.6 Å². The molecule has 2 aromatic heterocycles. The van der Waals surface area contributed by atoms with Crippen molar-refractivity contribution < 1.29 is 4.79 Å². The highest BCUT2D eigenvalue weighted by atomic mass is 35.5. The molecule has 2 aliphatic rings. The van der Waals surface area contributed by atoms with Gasteiger partial charge in [-0.1, -0.05) is 29.8 Å². The number of aryl methyl sites for hydroxylation is 2. The number of benzene rings is 2. The summed E-state index contributed by atoms with van der Waals surface area (Å²) in [6.45, 7) is 2.29. The Labute approximate surface area is 207 Å². The van der Waals surface area contributed by atoms with Crippen molar-refractivity contribution in [3.63, 3.8) is 0 Å². The van der Waals surface area contributed by atoms with Gasteiger partial charge in [0.25, 0.3) is 11.5 Å². The molecule has 1 fully saturated rings. The topological polar surface area (TPSA) is 74.2 Å². The van der Waals surface area contributed by atoms with Crippen LogP contribution in [0.25, 0.3) is 16.6 Å². The Bertz CT molecular complexity index is 1470. The van der Waals surface area contributed by atoms with Crippen LogP contribution in [0.4, 0.5) is 5.69 Å². The van der Waals surface area contributed by atoms with E-state index in [-0.39, 0.29) is 16.5 Å². The lowest BCUT2D eigenvalue weighted by Crippen LogP contribution is -2.49. The fourth-order valence-electron chi connectivity index (χ4n) is 5.27. The zero-order chi connectivity index (χ0) is 23.9. The van der Waals surface area contributed by atoms with Crippen LogP contribution in [0.3, 0.4) is 0 Å². The molecule has 7 nitrogen and oxygen atoms in total. The molecule has 0 radical (unpaired) electrons. The van der Waals surface area contributed by atoms with Gasteiger partial charge in [0.1, 0.15) is 5.02 Å². The van der Waals surface area contributed by atoms with Crippen molar-refractivity contribution in [2.45, 2.75) is 25.7 Å². The highest BCUT2D eigenvalue weighted by Crippen LogP contribution is 2.30. The first kappa shape index (κ1) is 21.9. The zero-order valence-electron chi connectivity index (χ0n) is 19.3. The average molecular weight is 488 g/mol. The van der Waals surface area contributed by atoms with Gasteiger partial charge >= 0.3 is 0 Å². The van der Waals surface area contributed by atoms with Crippen molar-refractivity contribution in [3.05, 3.63) is 86.9 Å². The number of hydrogen-bond acceptors (Lipinski definition) is 4. The van der Waals surface area contributed by atoms with E-state index in [0.717, 1.165) is 23.9 Å². The number of fused-ring (bicyclic) bond motifs is 3. The lowest BCUT2D eigenvalue weighted by Gasteiger charge is -2.36. The third kappa shape index (κ3) is 3.90. The fraction of sp³-hybridized carbons (Fsp3) is 0.296. The number of amides is 1. The number of anilines is 1. The Balaban J connectivity index is 1.18. The van der Waals surface area contributed by atoms with Gasteiger partial charge in [0.05, 0.1) is 17.6 Å². The molecule has 0 atom stereocenters. The zero-order valence-corrected chi connectivity index (χ0v) is 20.1. The van der Waals surface area contributed by atoms with Gasteiger partial charge in [0, 0.05) is 48.3 Å². The van der Waals surface area contributed by atoms with Crippen LogP contribution < -0.4 is 10.5 Å². The Morgan fingerprint density at radius 3 is 2.54 bits per heavy atom. The quantitative estimate of drug-likeness (QED) is 0.470. The molecule has 35 heavy (non-hydrogen) atoms. The number of carbonyl (C=O) groups excluding carboxylic acids is 1. The molecule has 8 heteroatoms. The SMILES string of the molecule is O=C(c1ccc2[nH]c3c(c2c1)CCCC3)N1CCN(c2cnn(-c3ccccc3)c(=O)c2Cl)CC1. The van der Waals surface area contributed by atoms with Crippen LogP contribution in [0.1, 0.15) is 34.5 Å². The highest BCUT2D eigenvalue weighted by molar-refractivity contribution is 6.33. The predicted octanol–water partition coefficient (Wildman–Crippen LogP) is 4.21. The molecule has 3 heterocycles. The normalized spacial score (nSPS) is 15.9. The monoisotopic (exact) mass is 487 g/mol. The number of aromatic amines is 1. The summed E-state index contributed by atoms with van der Waals surface area (Å²) in [4.78, 5) is 33.6. The smallest absolute Gasteiger partial charge is 0.292 e. The van der Waals surface area contributed by atoms with E-state index in [1.54, 1.807) is 6.20 Å². The molecule has 178 valence electrons. The molecule has 1 aliphatic carbocycles. The number of rotatable bonds is 3. The number of nitrogens with one attached hydrogen (secondary N) is 1. The fourth-order valence-corrected chi connectivity index (χ4v) is 5.52. The molecule has 2 aromatic carbocycles. The van der Waals surface area contributed by atoms with Gasteiger partial charge in [-0.25, -0.2) is 0 Å². The maximum Gasteiger partial charge on any atom is 0.292 e. The van der Waals surface area contributed by atoms with Crippen molar-refractivity contribution >= 4 is 34.1 Å². The van der Waals surface area contributed by atoms with Gasteiger partial charge in [-0.05, 0) is 61.6 Å². The van der Waals surface area contributed by atoms with E-state index in [9.17, 15) is 9.59 Å². The number of para-hydroxylation sites is 1. The molecule has 1 aliphatic heterocycles. The summed E-state index contributed by atoms with van der Waals surface area (Å²) in [7, 11) is 0. The Hall–Kier alpha value is -3.58. The van der Waals surface area contributed by atoms with Crippen LogP contribution in [-0.2, 0) is 12.8 Å². The minimum absolute atomic E-state index is 0.0426. The second kappa shape index (κ2) is 8.89. The van der Waals surface area contributed by atoms with Gasteiger partial charge in [-0.15, -0.1) is 0 Å². The maximum absolute atomic E-state index is 13.3. The summed E-state index contributed by atoms with van der Waals surface area (Å²) in [6.07, 6.45) is 6.22. The van der Waals surface area contributed by atoms with Crippen molar-refractivity contribution in [3.8, 4) is 5.69 Å². The standard InChI is InChI=1S/C27H26ClN5O2/c28-25-24(17-29-33(27(25)35)19-6-2-1-3-7-19)31-12-14-32(15-13-31)26(34)18-10-11-23-21(16-18)20-8-4-5-9-22(20)30-23/h1-3,6-7,10-11,16-17,30H,4-5,8-9,12-15H2. The van der Waals surface area contributed by atoms with E-state index >= 15 is 0 Å². The summed E-state index contributed by atoms with van der Waals surface area (Å²) in [5.41, 5.74) is 5.46. The second-order valence-corrected chi connectivity index (χ2v) is 9.60. The first-order valence-corrected chi connectivity index (χ1v) is 12.5. The Morgan fingerprint density at radius 1 is 0.971 bits per heavy atom. The Kier molecular flexibility index (Phi) is 5.57. The molecule has 0 unspecified atom stereocenters. The Morgan fingerprint density at radius 2 is 1.74 bits per heavy atom. The van der Waals surface area contributed by atoms with E-state index in [1.807, 2.05) is 52.3 Å². The number of hydrogen-bond donors (Lipinski definition) is 1. The third-order valence-corrected chi connectivity index (χ3v) is 7.51. The number of halogens is 1. The third-order valence-electron chi connectivity index (χ3n) is 7.15. The molecule has 4 aromatic rings. The summed E-state index contributed by atoms with van der Waals surface area (Å²) in [5, 5.41) is 5.67. The summed E-state index contributed by atoms with van der Waals surface area (Å²) in [6, 6.07) is 15.2. The largest absolute Gasteiger partial charge is 0.365 e. The van der Waals surface area contributed by atoms with E-state index in [2.05, 4.69) is 16.1 Å². The first-order valence-electron chi connectivity index (χ1n) is 12.1. The van der Waals surface area contributed by atoms with Gasteiger partial charge in [0.15, 0.2) is 0 Å². The highest BCUT2D eigenvalue weighted by Gasteiger charge is 2.26. The lowest BCUT2D eigenvalue weighted by atomic mass is 9.95. The number of H-pyrrole nitrogens is 1. The van der Waals surface area contributed by atoms with Crippen LogP contribution in [0.15, 0.2) is 59.5 Å². The molecule has 0 bridgehead atoms. The average Bonchev–Trinajstić information content (AvgIpc) is 3.28. The lowest BCUT2D eigenvalue weighted by molar-refractivity contribution is 0.0747. The number of nitrogens with zero attached hydrogens (tertiary/aromatic N) is 4. The minimum Gasteiger partial charge on any atom is -0.365 e. The molecule has 0 saturated carbocycles. The minimum atomic E-state index is -0.350. The van der Waals surface area contributed by atoms with Crippen molar-refractivity contribution in [1.29, 1.82) is 0 Å².